The summed E-state index contributed by atoms with van der Waals surface area (Å²) in [5.41, 5.74) is 7.38. The number of rotatable bonds is 4. The van der Waals surface area contributed by atoms with Crippen molar-refractivity contribution in [3.63, 3.8) is 0 Å². The fourth-order valence-electron chi connectivity index (χ4n) is 2.90. The number of nitrogens with one attached hydrogen (secondary N) is 1. The lowest BCUT2D eigenvalue weighted by Crippen LogP contribution is -2.16. The van der Waals surface area contributed by atoms with E-state index in [2.05, 4.69) is 4.98 Å². The number of ether oxygens (including phenoxy) is 1. The molecule has 2 aromatic carbocycles. The van der Waals surface area contributed by atoms with Gasteiger partial charge in [0.2, 0.25) is 0 Å². The van der Waals surface area contributed by atoms with Crippen LogP contribution >= 0.6 is 11.6 Å². The van der Waals surface area contributed by atoms with Crippen LogP contribution in [0.25, 0.3) is 11.1 Å². The van der Waals surface area contributed by atoms with Crippen molar-refractivity contribution in [3.8, 4) is 29.0 Å². The van der Waals surface area contributed by atoms with Crippen LogP contribution in [0.1, 0.15) is 22.3 Å². The molecule has 0 unspecified atom stereocenters. The molecule has 138 valence electrons. The molecule has 0 saturated heterocycles. The molecule has 0 bridgehead atoms. The average Bonchev–Trinajstić information content (AvgIpc) is 2.66. The maximum atomic E-state index is 12.2. The molecule has 0 spiro atoms. The molecule has 0 amide bonds. The molecular formula is C21H15ClN4O2. The maximum Gasteiger partial charge on any atom is 0.268 e. The maximum absolute atomic E-state index is 12.2. The van der Waals surface area contributed by atoms with Crippen molar-refractivity contribution in [2.75, 3.05) is 5.73 Å². The molecule has 6 nitrogen and oxygen atoms in total. The summed E-state index contributed by atoms with van der Waals surface area (Å²) in [6.45, 7) is 2.24. The van der Waals surface area contributed by atoms with Gasteiger partial charge in [0.05, 0.1) is 0 Å². The SMILES string of the molecule is Cc1cccc(COc2ccc(Cl)cc2-c2c(C#N)c(N)[nH]c(=O)c2C#N)c1. The quantitative estimate of drug-likeness (QED) is 0.700. The zero-order chi connectivity index (χ0) is 20.3. The second-order valence-electron chi connectivity index (χ2n) is 6.13. The Balaban J connectivity index is 2.16. The number of hydrogen-bond donors (Lipinski definition) is 2. The predicted octanol–water partition coefficient (Wildman–Crippen LogP) is 3.91. The summed E-state index contributed by atoms with van der Waals surface area (Å²) < 4.78 is 5.94. The third kappa shape index (κ3) is 3.68. The van der Waals surface area contributed by atoms with E-state index in [4.69, 9.17) is 22.1 Å². The van der Waals surface area contributed by atoms with Crippen molar-refractivity contribution in [3.05, 3.63) is 80.1 Å². The minimum absolute atomic E-state index is 0.0150. The molecule has 28 heavy (non-hydrogen) atoms. The van der Waals surface area contributed by atoms with E-state index in [-0.39, 0.29) is 29.1 Å². The van der Waals surface area contributed by atoms with Gasteiger partial charge in [-0.05, 0) is 30.7 Å². The molecule has 0 aliphatic carbocycles. The average molecular weight is 391 g/mol. The third-order valence-corrected chi connectivity index (χ3v) is 4.39. The van der Waals surface area contributed by atoms with Crippen molar-refractivity contribution in [1.82, 2.24) is 4.98 Å². The number of H-pyrrole nitrogens is 1. The Morgan fingerprint density at radius 2 is 1.89 bits per heavy atom. The number of nitrogens with zero attached hydrogens (tertiary/aromatic N) is 2. The summed E-state index contributed by atoms with van der Waals surface area (Å²) in [5.74, 6) is 0.259. The van der Waals surface area contributed by atoms with Crippen LogP contribution in [0.15, 0.2) is 47.3 Å². The second kappa shape index (κ2) is 7.87. The first-order valence-electron chi connectivity index (χ1n) is 8.28. The minimum atomic E-state index is -0.682. The Kier molecular flexibility index (Phi) is 5.35. The highest BCUT2D eigenvalue weighted by atomic mass is 35.5. The van der Waals surface area contributed by atoms with Crippen molar-refractivity contribution >= 4 is 17.4 Å². The molecule has 0 aliphatic rings. The Morgan fingerprint density at radius 1 is 1.14 bits per heavy atom. The smallest absolute Gasteiger partial charge is 0.268 e. The molecule has 3 N–H and O–H groups in total. The van der Waals surface area contributed by atoms with E-state index in [1.165, 1.54) is 0 Å². The normalized spacial score (nSPS) is 10.1. The van der Waals surface area contributed by atoms with Crippen LogP contribution in [0.4, 0.5) is 5.82 Å². The number of aromatic amines is 1. The molecule has 0 aliphatic heterocycles. The van der Waals surface area contributed by atoms with Gasteiger partial charge in [-0.3, -0.25) is 4.79 Å². The van der Waals surface area contributed by atoms with E-state index in [1.54, 1.807) is 18.2 Å². The standard InChI is InChI=1S/C21H15ClN4O2/c1-12-3-2-4-13(7-12)11-28-18-6-5-14(22)8-15(18)19-16(9-23)20(25)26-21(27)17(19)10-24/h2-8H,11H2,1H3,(H3,25,26,27). The lowest BCUT2D eigenvalue weighted by atomic mass is 9.96. The van der Waals surface area contributed by atoms with Crippen LogP contribution in [-0.2, 0) is 6.61 Å². The second-order valence-corrected chi connectivity index (χ2v) is 6.57. The van der Waals surface area contributed by atoms with Gasteiger partial charge in [0.25, 0.3) is 5.56 Å². The topological polar surface area (TPSA) is 116 Å². The number of pyridine rings is 1. The molecular weight excluding hydrogens is 376 g/mol. The van der Waals surface area contributed by atoms with Crippen LogP contribution in [0, 0.1) is 29.6 Å². The molecule has 1 heterocycles. The van der Waals surface area contributed by atoms with Crippen LogP contribution in [0.5, 0.6) is 5.75 Å². The molecule has 0 fully saturated rings. The number of halogens is 1. The number of hydrogen-bond acceptors (Lipinski definition) is 5. The molecule has 0 saturated carbocycles. The number of nitriles is 2. The molecule has 7 heteroatoms. The highest BCUT2D eigenvalue weighted by Gasteiger charge is 2.21. The van der Waals surface area contributed by atoms with Crippen LogP contribution in [-0.4, -0.2) is 4.98 Å². The van der Waals surface area contributed by atoms with Gasteiger partial charge in [-0.1, -0.05) is 41.4 Å². The fourth-order valence-corrected chi connectivity index (χ4v) is 3.07. The molecule has 3 rings (SSSR count). The monoisotopic (exact) mass is 390 g/mol. The largest absolute Gasteiger partial charge is 0.488 e. The number of aromatic nitrogens is 1. The van der Waals surface area contributed by atoms with Gasteiger partial charge >= 0.3 is 0 Å². The van der Waals surface area contributed by atoms with Crippen LogP contribution in [0.2, 0.25) is 5.02 Å². The first-order chi connectivity index (χ1) is 13.4. The Labute approximate surface area is 166 Å². The van der Waals surface area contributed by atoms with Gasteiger partial charge in [-0.25, -0.2) is 0 Å². The Bertz CT molecular complexity index is 1200. The number of nitrogens with two attached hydrogens (primary N) is 1. The number of nitrogen functional groups attached to an aromatic ring is 1. The Hall–Kier alpha value is -3.74. The van der Waals surface area contributed by atoms with Crippen LogP contribution < -0.4 is 16.0 Å². The third-order valence-electron chi connectivity index (χ3n) is 4.16. The van der Waals surface area contributed by atoms with E-state index >= 15 is 0 Å². The summed E-state index contributed by atoms with van der Waals surface area (Å²) in [5, 5.41) is 19.4. The van der Waals surface area contributed by atoms with E-state index in [1.807, 2.05) is 43.3 Å². The van der Waals surface area contributed by atoms with Gasteiger partial charge in [0, 0.05) is 16.1 Å². The number of anilines is 1. The molecule has 1 aromatic heterocycles. The number of benzene rings is 2. The van der Waals surface area contributed by atoms with Crippen molar-refractivity contribution in [2.45, 2.75) is 13.5 Å². The number of aryl methyl sites for hydroxylation is 1. The van der Waals surface area contributed by atoms with Crippen molar-refractivity contribution in [1.29, 1.82) is 10.5 Å². The first kappa shape index (κ1) is 19.0. The van der Waals surface area contributed by atoms with Gasteiger partial charge in [-0.15, -0.1) is 0 Å². The van der Waals surface area contributed by atoms with E-state index in [0.717, 1.165) is 11.1 Å². The lowest BCUT2D eigenvalue weighted by Gasteiger charge is -2.15. The fraction of sp³-hybridized carbons (Fsp3) is 0.0952. The van der Waals surface area contributed by atoms with Crippen molar-refractivity contribution in [2.24, 2.45) is 0 Å². The summed E-state index contributed by atoms with van der Waals surface area (Å²) in [7, 11) is 0. The lowest BCUT2D eigenvalue weighted by molar-refractivity contribution is 0.307. The predicted molar refractivity (Wildman–Crippen MR) is 107 cm³/mol. The van der Waals surface area contributed by atoms with E-state index in [0.29, 0.717) is 16.3 Å². The van der Waals surface area contributed by atoms with E-state index < -0.39 is 5.56 Å². The van der Waals surface area contributed by atoms with E-state index in [9.17, 15) is 15.3 Å². The van der Waals surface area contributed by atoms with Gasteiger partial charge < -0.3 is 15.5 Å². The molecule has 3 aromatic rings. The van der Waals surface area contributed by atoms with Crippen molar-refractivity contribution < 1.29 is 4.74 Å². The van der Waals surface area contributed by atoms with Crippen LogP contribution in [0.3, 0.4) is 0 Å². The molecule has 0 radical (unpaired) electrons. The van der Waals surface area contributed by atoms with Gasteiger partial charge in [-0.2, -0.15) is 10.5 Å². The highest BCUT2D eigenvalue weighted by Crippen LogP contribution is 2.37. The summed E-state index contributed by atoms with van der Waals surface area (Å²) in [6.07, 6.45) is 0. The Morgan fingerprint density at radius 3 is 2.57 bits per heavy atom. The summed E-state index contributed by atoms with van der Waals surface area (Å²) in [4.78, 5) is 14.5. The first-order valence-corrected chi connectivity index (χ1v) is 8.66. The summed E-state index contributed by atoms with van der Waals surface area (Å²) in [6, 6.07) is 16.4. The zero-order valence-electron chi connectivity index (χ0n) is 14.9. The van der Waals surface area contributed by atoms with Gasteiger partial charge in [0.1, 0.15) is 41.4 Å². The zero-order valence-corrected chi connectivity index (χ0v) is 15.7. The molecule has 0 atom stereocenters. The minimum Gasteiger partial charge on any atom is -0.488 e. The summed E-state index contributed by atoms with van der Waals surface area (Å²) >= 11 is 6.14. The van der Waals surface area contributed by atoms with Gasteiger partial charge in [0.15, 0.2) is 0 Å². The highest BCUT2D eigenvalue weighted by molar-refractivity contribution is 6.31.